The summed E-state index contributed by atoms with van der Waals surface area (Å²) in [7, 11) is 0. The molecule has 5 nitrogen and oxygen atoms in total. The first kappa shape index (κ1) is 12.3. The standard InChI is InChI=1S/C8H17NO4/c1-8(2,3)13-7(12)6(11)5(10)4-9/h5-6,10-11H,4,9H2,1-3H3. The number of rotatable bonds is 3. The zero-order valence-electron chi connectivity index (χ0n) is 8.15. The van der Waals surface area contributed by atoms with Gasteiger partial charge in [-0.2, -0.15) is 0 Å². The maximum Gasteiger partial charge on any atom is 0.338 e. The second-order valence-corrected chi connectivity index (χ2v) is 3.78. The lowest BCUT2D eigenvalue weighted by atomic mass is 10.1. The van der Waals surface area contributed by atoms with E-state index >= 15 is 0 Å². The topological polar surface area (TPSA) is 92.8 Å². The molecule has 0 rings (SSSR count). The van der Waals surface area contributed by atoms with Gasteiger partial charge in [-0.05, 0) is 20.8 Å². The molecule has 0 bridgehead atoms. The van der Waals surface area contributed by atoms with Gasteiger partial charge in [0.15, 0.2) is 6.10 Å². The van der Waals surface area contributed by atoms with Crippen molar-refractivity contribution in [1.29, 1.82) is 0 Å². The molecule has 0 saturated carbocycles. The predicted octanol–water partition coefficient (Wildman–Crippen LogP) is -0.991. The van der Waals surface area contributed by atoms with Gasteiger partial charge in [-0.25, -0.2) is 4.79 Å². The molecule has 4 N–H and O–H groups in total. The fourth-order valence-electron chi connectivity index (χ4n) is 0.648. The molecule has 0 aliphatic rings. The smallest absolute Gasteiger partial charge is 0.338 e. The van der Waals surface area contributed by atoms with Crippen molar-refractivity contribution in [3.63, 3.8) is 0 Å². The van der Waals surface area contributed by atoms with E-state index in [0.717, 1.165) is 0 Å². The van der Waals surface area contributed by atoms with Crippen molar-refractivity contribution in [2.45, 2.75) is 38.6 Å². The summed E-state index contributed by atoms with van der Waals surface area (Å²) in [5.41, 5.74) is 4.38. The Kier molecular flexibility index (Phi) is 4.32. The minimum Gasteiger partial charge on any atom is -0.458 e. The van der Waals surface area contributed by atoms with E-state index < -0.39 is 23.8 Å². The molecule has 5 heteroatoms. The molecule has 0 radical (unpaired) electrons. The summed E-state index contributed by atoms with van der Waals surface area (Å²) < 4.78 is 4.82. The molecule has 2 atom stereocenters. The highest BCUT2D eigenvalue weighted by Crippen LogP contribution is 2.09. The van der Waals surface area contributed by atoms with E-state index in [0.29, 0.717) is 0 Å². The SMILES string of the molecule is CC(C)(C)OC(=O)C(O)C(O)CN. The van der Waals surface area contributed by atoms with Crippen molar-refractivity contribution in [2.75, 3.05) is 6.54 Å². The Bertz CT molecular complexity index is 175. The largest absolute Gasteiger partial charge is 0.458 e. The summed E-state index contributed by atoms with van der Waals surface area (Å²) in [6.07, 6.45) is -2.83. The number of aliphatic hydroxyl groups excluding tert-OH is 2. The predicted molar refractivity (Wildman–Crippen MR) is 46.9 cm³/mol. The van der Waals surface area contributed by atoms with Gasteiger partial charge < -0.3 is 20.7 Å². The molecule has 0 aliphatic carbocycles. The highest BCUT2D eigenvalue weighted by molar-refractivity contribution is 5.75. The molecule has 0 aromatic rings. The van der Waals surface area contributed by atoms with Crippen molar-refractivity contribution < 1.29 is 19.7 Å². The first-order valence-electron chi connectivity index (χ1n) is 4.07. The lowest BCUT2D eigenvalue weighted by Gasteiger charge is -2.23. The molecular weight excluding hydrogens is 174 g/mol. The highest BCUT2D eigenvalue weighted by Gasteiger charge is 2.28. The summed E-state index contributed by atoms with van der Waals surface area (Å²) in [5, 5.41) is 18.2. The monoisotopic (exact) mass is 191 g/mol. The van der Waals surface area contributed by atoms with Gasteiger partial charge in [0.2, 0.25) is 0 Å². The number of hydrogen-bond acceptors (Lipinski definition) is 5. The van der Waals surface area contributed by atoms with Gasteiger partial charge in [-0.1, -0.05) is 0 Å². The number of carbonyl (C=O) groups is 1. The van der Waals surface area contributed by atoms with Gasteiger partial charge in [0, 0.05) is 6.54 Å². The summed E-state index contributed by atoms with van der Waals surface area (Å²) in [5.74, 6) is -0.856. The molecule has 78 valence electrons. The summed E-state index contributed by atoms with van der Waals surface area (Å²) in [6.45, 7) is 4.84. The Hall–Kier alpha value is -0.650. The Balaban J connectivity index is 4.12. The molecule has 0 fully saturated rings. The molecule has 13 heavy (non-hydrogen) atoms. The first-order chi connectivity index (χ1) is 5.78. The maximum absolute atomic E-state index is 11.1. The van der Waals surface area contributed by atoms with E-state index in [-0.39, 0.29) is 6.54 Å². The molecule has 0 amide bonds. The molecule has 0 aliphatic heterocycles. The lowest BCUT2D eigenvalue weighted by Crippen LogP contribution is -2.42. The molecule has 0 heterocycles. The number of nitrogens with two attached hydrogens (primary N) is 1. The number of aliphatic hydroxyl groups is 2. The Labute approximate surface area is 77.5 Å². The number of esters is 1. The third-order valence-electron chi connectivity index (χ3n) is 1.25. The third kappa shape index (κ3) is 4.82. The van der Waals surface area contributed by atoms with E-state index in [1.54, 1.807) is 20.8 Å². The Morgan fingerprint density at radius 3 is 2.23 bits per heavy atom. The van der Waals surface area contributed by atoms with Crippen LogP contribution in [-0.2, 0) is 9.53 Å². The van der Waals surface area contributed by atoms with Crippen LogP contribution in [0, 0.1) is 0 Å². The van der Waals surface area contributed by atoms with E-state index in [1.807, 2.05) is 0 Å². The second-order valence-electron chi connectivity index (χ2n) is 3.78. The van der Waals surface area contributed by atoms with E-state index in [2.05, 4.69) is 0 Å². The van der Waals surface area contributed by atoms with Crippen LogP contribution in [0.1, 0.15) is 20.8 Å². The second kappa shape index (κ2) is 4.55. The molecule has 0 aromatic carbocycles. The van der Waals surface area contributed by atoms with Gasteiger partial charge >= 0.3 is 5.97 Å². The molecule has 0 aromatic heterocycles. The number of ether oxygens (including phenoxy) is 1. The summed E-state index contributed by atoms with van der Waals surface area (Å²) in [4.78, 5) is 11.1. The van der Waals surface area contributed by atoms with Crippen LogP contribution in [0.3, 0.4) is 0 Å². The van der Waals surface area contributed by atoms with Crippen LogP contribution >= 0.6 is 0 Å². The van der Waals surface area contributed by atoms with Crippen molar-refractivity contribution in [2.24, 2.45) is 5.73 Å². The fourth-order valence-corrected chi connectivity index (χ4v) is 0.648. The quantitative estimate of drug-likeness (QED) is 0.498. The van der Waals surface area contributed by atoms with Crippen molar-refractivity contribution >= 4 is 5.97 Å². The minimum atomic E-state index is -1.57. The first-order valence-corrected chi connectivity index (χ1v) is 4.07. The van der Waals surface area contributed by atoms with Gasteiger partial charge in [0.05, 0.1) is 0 Å². The van der Waals surface area contributed by atoms with Crippen molar-refractivity contribution in [3.05, 3.63) is 0 Å². The van der Waals surface area contributed by atoms with Crippen LogP contribution in [0.4, 0.5) is 0 Å². The molecular formula is C8H17NO4. The minimum absolute atomic E-state index is 0.180. The van der Waals surface area contributed by atoms with E-state index in [9.17, 15) is 4.79 Å². The van der Waals surface area contributed by atoms with Crippen molar-refractivity contribution in [1.82, 2.24) is 0 Å². The third-order valence-corrected chi connectivity index (χ3v) is 1.25. The molecule has 2 unspecified atom stereocenters. The molecule has 0 spiro atoms. The number of carbonyl (C=O) groups excluding carboxylic acids is 1. The summed E-state index contributed by atoms with van der Waals surface area (Å²) in [6, 6.07) is 0. The van der Waals surface area contributed by atoms with Crippen LogP contribution in [0.2, 0.25) is 0 Å². The average Bonchev–Trinajstić information content (AvgIpc) is 1.98. The summed E-state index contributed by atoms with van der Waals surface area (Å²) >= 11 is 0. The van der Waals surface area contributed by atoms with Crippen LogP contribution < -0.4 is 5.73 Å². The van der Waals surface area contributed by atoms with Crippen LogP contribution in [0.15, 0.2) is 0 Å². The zero-order valence-corrected chi connectivity index (χ0v) is 8.15. The Morgan fingerprint density at radius 2 is 1.92 bits per heavy atom. The zero-order chi connectivity index (χ0) is 10.6. The Morgan fingerprint density at radius 1 is 1.46 bits per heavy atom. The van der Waals surface area contributed by atoms with E-state index in [1.165, 1.54) is 0 Å². The molecule has 0 saturated heterocycles. The van der Waals surface area contributed by atoms with Crippen molar-refractivity contribution in [3.8, 4) is 0 Å². The lowest BCUT2D eigenvalue weighted by molar-refractivity contribution is -0.170. The van der Waals surface area contributed by atoms with Crippen LogP contribution in [0.25, 0.3) is 0 Å². The van der Waals surface area contributed by atoms with Gasteiger partial charge in [0.25, 0.3) is 0 Å². The highest BCUT2D eigenvalue weighted by atomic mass is 16.6. The van der Waals surface area contributed by atoms with Gasteiger partial charge in [-0.3, -0.25) is 0 Å². The maximum atomic E-state index is 11.1. The van der Waals surface area contributed by atoms with Crippen LogP contribution in [-0.4, -0.2) is 40.5 Å². The normalized spacial score (nSPS) is 16.5. The van der Waals surface area contributed by atoms with Crippen LogP contribution in [0.5, 0.6) is 0 Å². The van der Waals surface area contributed by atoms with E-state index in [4.69, 9.17) is 20.7 Å². The van der Waals surface area contributed by atoms with Gasteiger partial charge in [-0.15, -0.1) is 0 Å². The fraction of sp³-hybridized carbons (Fsp3) is 0.875. The number of hydrogen-bond donors (Lipinski definition) is 3. The average molecular weight is 191 g/mol. The van der Waals surface area contributed by atoms with Gasteiger partial charge in [0.1, 0.15) is 11.7 Å².